The van der Waals surface area contributed by atoms with Crippen LogP contribution in [0.25, 0.3) is 0 Å². The highest BCUT2D eigenvalue weighted by Gasteiger charge is 2.08. The van der Waals surface area contributed by atoms with Crippen LogP contribution in [0.5, 0.6) is 0 Å². The van der Waals surface area contributed by atoms with Crippen LogP contribution in [0.2, 0.25) is 0 Å². The number of furan rings is 1. The smallest absolute Gasteiger partial charge is 0.252 e. The van der Waals surface area contributed by atoms with Crippen molar-refractivity contribution in [2.45, 2.75) is 45.6 Å². The van der Waals surface area contributed by atoms with E-state index in [4.69, 9.17) is 4.42 Å². The van der Waals surface area contributed by atoms with E-state index in [-0.39, 0.29) is 17.5 Å². The van der Waals surface area contributed by atoms with E-state index in [1.54, 1.807) is 6.26 Å². The number of hydrogen-bond donors (Lipinski definition) is 2. The maximum atomic E-state index is 11.6. The minimum atomic E-state index is -0.121. The van der Waals surface area contributed by atoms with Gasteiger partial charge in [-0.25, -0.2) is 4.98 Å². The standard InChI is InChI=1S/C15H21N3O2/c1-10(2)15-17-13(9-14(19)18-15)16-11(3)6-7-12-5-4-8-20-12/h4-5,8-11H,6-7H2,1-3H3,(H2,16,17,18,19). The number of hydrogen-bond acceptors (Lipinski definition) is 4. The van der Waals surface area contributed by atoms with Gasteiger partial charge in [0.1, 0.15) is 17.4 Å². The lowest BCUT2D eigenvalue weighted by molar-refractivity contribution is 0.494. The molecule has 0 spiro atoms. The number of nitrogens with one attached hydrogen (secondary N) is 2. The van der Waals surface area contributed by atoms with E-state index in [0.29, 0.717) is 11.6 Å². The van der Waals surface area contributed by atoms with Crippen LogP contribution in [0, 0.1) is 0 Å². The predicted molar refractivity (Wildman–Crippen MR) is 79.1 cm³/mol. The molecule has 0 aromatic carbocycles. The normalized spacial score (nSPS) is 12.6. The first-order valence-electron chi connectivity index (χ1n) is 6.95. The van der Waals surface area contributed by atoms with E-state index >= 15 is 0 Å². The molecule has 0 fully saturated rings. The molecule has 1 unspecified atom stereocenters. The van der Waals surface area contributed by atoms with Gasteiger partial charge in [-0.1, -0.05) is 13.8 Å². The molecule has 2 aromatic heterocycles. The molecule has 0 aliphatic rings. The molecule has 0 aliphatic heterocycles. The van der Waals surface area contributed by atoms with E-state index in [2.05, 4.69) is 22.2 Å². The van der Waals surface area contributed by atoms with Crippen LogP contribution in [0.4, 0.5) is 5.82 Å². The van der Waals surface area contributed by atoms with Crippen molar-refractivity contribution in [3.05, 3.63) is 46.4 Å². The van der Waals surface area contributed by atoms with Gasteiger partial charge in [0.05, 0.1) is 6.26 Å². The Kier molecular flexibility index (Phi) is 4.61. The van der Waals surface area contributed by atoms with Crippen molar-refractivity contribution in [3.8, 4) is 0 Å². The van der Waals surface area contributed by atoms with Gasteiger partial charge in [0.15, 0.2) is 0 Å². The highest BCUT2D eigenvalue weighted by atomic mass is 16.3. The Hall–Kier alpha value is -2.04. The first kappa shape index (κ1) is 14.4. The van der Waals surface area contributed by atoms with Crippen molar-refractivity contribution < 1.29 is 4.42 Å². The summed E-state index contributed by atoms with van der Waals surface area (Å²) in [4.78, 5) is 18.8. The molecular weight excluding hydrogens is 254 g/mol. The fourth-order valence-electron chi connectivity index (χ4n) is 1.96. The third kappa shape index (κ3) is 3.98. The van der Waals surface area contributed by atoms with Gasteiger partial charge in [-0.3, -0.25) is 4.79 Å². The molecule has 20 heavy (non-hydrogen) atoms. The van der Waals surface area contributed by atoms with Crippen LogP contribution >= 0.6 is 0 Å². The maximum Gasteiger partial charge on any atom is 0.252 e. The van der Waals surface area contributed by atoms with E-state index in [1.165, 1.54) is 6.07 Å². The van der Waals surface area contributed by atoms with Crippen LogP contribution in [0.3, 0.4) is 0 Å². The van der Waals surface area contributed by atoms with E-state index in [0.717, 1.165) is 18.6 Å². The van der Waals surface area contributed by atoms with Gasteiger partial charge in [0.2, 0.25) is 0 Å². The van der Waals surface area contributed by atoms with Gasteiger partial charge >= 0.3 is 0 Å². The third-order valence-corrected chi connectivity index (χ3v) is 3.10. The Labute approximate surface area is 118 Å². The van der Waals surface area contributed by atoms with E-state index in [9.17, 15) is 4.79 Å². The number of nitrogens with zero attached hydrogens (tertiary/aromatic N) is 1. The molecule has 0 radical (unpaired) electrons. The Morgan fingerprint density at radius 3 is 2.85 bits per heavy atom. The minimum Gasteiger partial charge on any atom is -0.469 e. The topological polar surface area (TPSA) is 70.9 Å². The summed E-state index contributed by atoms with van der Waals surface area (Å²) in [5, 5.41) is 3.27. The molecule has 5 nitrogen and oxygen atoms in total. The summed E-state index contributed by atoms with van der Waals surface area (Å²) >= 11 is 0. The Morgan fingerprint density at radius 1 is 1.40 bits per heavy atom. The average Bonchev–Trinajstić information content (AvgIpc) is 2.88. The Bertz CT molecular complexity index is 587. The Balaban J connectivity index is 1.96. The molecule has 0 saturated heterocycles. The molecule has 108 valence electrons. The molecule has 2 heterocycles. The summed E-state index contributed by atoms with van der Waals surface area (Å²) in [6.45, 7) is 6.08. The first-order valence-corrected chi connectivity index (χ1v) is 6.95. The van der Waals surface area contributed by atoms with Crippen molar-refractivity contribution in [2.75, 3.05) is 5.32 Å². The van der Waals surface area contributed by atoms with Crippen molar-refractivity contribution in [1.29, 1.82) is 0 Å². The van der Waals surface area contributed by atoms with Crippen LogP contribution < -0.4 is 10.9 Å². The molecule has 5 heteroatoms. The zero-order valence-corrected chi connectivity index (χ0v) is 12.1. The lowest BCUT2D eigenvalue weighted by Gasteiger charge is -2.15. The molecule has 2 N–H and O–H groups in total. The van der Waals surface area contributed by atoms with Crippen molar-refractivity contribution in [3.63, 3.8) is 0 Å². The highest BCUT2D eigenvalue weighted by Crippen LogP contribution is 2.12. The van der Waals surface area contributed by atoms with E-state index < -0.39 is 0 Å². The minimum absolute atomic E-state index is 0.121. The number of rotatable bonds is 6. The van der Waals surface area contributed by atoms with Gasteiger partial charge in [-0.2, -0.15) is 0 Å². The van der Waals surface area contributed by atoms with Crippen LogP contribution in [-0.4, -0.2) is 16.0 Å². The predicted octanol–water partition coefficient (Wildman–Crippen LogP) is 2.92. The van der Waals surface area contributed by atoms with E-state index in [1.807, 2.05) is 26.0 Å². The monoisotopic (exact) mass is 275 g/mol. The summed E-state index contributed by atoms with van der Waals surface area (Å²) in [5.41, 5.74) is -0.121. The van der Waals surface area contributed by atoms with Crippen LogP contribution in [0.1, 0.15) is 44.7 Å². The molecule has 2 rings (SSSR count). The average molecular weight is 275 g/mol. The second-order valence-corrected chi connectivity index (χ2v) is 5.33. The second kappa shape index (κ2) is 6.41. The summed E-state index contributed by atoms with van der Waals surface area (Å²) in [6.07, 6.45) is 3.46. The highest BCUT2D eigenvalue weighted by molar-refractivity contribution is 5.34. The Morgan fingerprint density at radius 2 is 2.20 bits per heavy atom. The zero-order chi connectivity index (χ0) is 14.5. The number of aromatic amines is 1. The van der Waals surface area contributed by atoms with Gasteiger partial charge in [0.25, 0.3) is 5.56 Å². The molecule has 0 bridgehead atoms. The summed E-state index contributed by atoms with van der Waals surface area (Å²) in [6, 6.07) is 5.57. The molecule has 0 saturated carbocycles. The lowest BCUT2D eigenvalue weighted by Crippen LogP contribution is -2.20. The quantitative estimate of drug-likeness (QED) is 0.850. The van der Waals surface area contributed by atoms with Gasteiger partial charge in [-0.15, -0.1) is 0 Å². The maximum absolute atomic E-state index is 11.6. The van der Waals surface area contributed by atoms with Gasteiger partial charge in [0, 0.05) is 24.4 Å². The van der Waals surface area contributed by atoms with Crippen molar-refractivity contribution >= 4 is 5.82 Å². The van der Waals surface area contributed by atoms with Gasteiger partial charge in [-0.05, 0) is 25.5 Å². The SMILES string of the molecule is CC(CCc1ccco1)Nc1cc(=O)[nH]c(C(C)C)n1. The second-order valence-electron chi connectivity index (χ2n) is 5.33. The number of aryl methyl sites for hydroxylation is 1. The molecule has 2 aromatic rings. The molecule has 0 amide bonds. The van der Waals surface area contributed by atoms with Crippen molar-refractivity contribution in [1.82, 2.24) is 9.97 Å². The van der Waals surface area contributed by atoms with Gasteiger partial charge < -0.3 is 14.7 Å². The zero-order valence-electron chi connectivity index (χ0n) is 12.1. The summed E-state index contributed by atoms with van der Waals surface area (Å²) in [5.74, 6) is 2.51. The molecule has 1 atom stereocenters. The number of H-pyrrole nitrogens is 1. The fourth-order valence-corrected chi connectivity index (χ4v) is 1.96. The fraction of sp³-hybridized carbons (Fsp3) is 0.467. The van der Waals surface area contributed by atoms with Crippen LogP contribution in [-0.2, 0) is 6.42 Å². The lowest BCUT2D eigenvalue weighted by atomic mass is 10.1. The molecule has 0 aliphatic carbocycles. The summed E-state index contributed by atoms with van der Waals surface area (Å²) < 4.78 is 5.31. The number of aromatic nitrogens is 2. The first-order chi connectivity index (χ1) is 9.54. The van der Waals surface area contributed by atoms with Crippen molar-refractivity contribution in [2.24, 2.45) is 0 Å². The molecular formula is C15H21N3O2. The summed E-state index contributed by atoms with van der Waals surface area (Å²) in [7, 11) is 0. The van der Waals surface area contributed by atoms with Crippen LogP contribution in [0.15, 0.2) is 33.7 Å². The number of anilines is 1. The largest absolute Gasteiger partial charge is 0.469 e. The third-order valence-electron chi connectivity index (χ3n) is 3.10.